The molecule has 1 aliphatic heterocycles. The summed E-state index contributed by atoms with van der Waals surface area (Å²) in [6, 6.07) is 3.79. The van der Waals surface area contributed by atoms with Crippen LogP contribution in [0.3, 0.4) is 0 Å². The van der Waals surface area contributed by atoms with Crippen molar-refractivity contribution in [2.24, 2.45) is 0 Å². The van der Waals surface area contributed by atoms with E-state index in [0.29, 0.717) is 24.5 Å². The van der Waals surface area contributed by atoms with Gasteiger partial charge in [0.2, 0.25) is 0 Å². The number of methoxy groups -OCH3 is 1. The van der Waals surface area contributed by atoms with Gasteiger partial charge < -0.3 is 14.4 Å². The molecule has 1 unspecified atom stereocenters. The average Bonchev–Trinajstić information content (AvgIpc) is 2.41. The van der Waals surface area contributed by atoms with Gasteiger partial charge in [0.05, 0.1) is 19.3 Å². The van der Waals surface area contributed by atoms with Crippen LogP contribution in [0.1, 0.15) is 21.5 Å². The Bertz CT molecular complexity index is 485. The molecule has 1 atom stereocenters. The second-order valence-electron chi connectivity index (χ2n) is 5.07. The van der Waals surface area contributed by atoms with Crippen LogP contribution >= 0.6 is 0 Å². The molecule has 1 fully saturated rings. The van der Waals surface area contributed by atoms with Gasteiger partial charge in [0.1, 0.15) is 11.9 Å². The molecule has 0 amide bonds. The van der Waals surface area contributed by atoms with Gasteiger partial charge in [-0.3, -0.25) is 4.79 Å². The maximum absolute atomic E-state index is 12.6. The molecule has 0 bridgehead atoms. The predicted molar refractivity (Wildman–Crippen MR) is 74.0 cm³/mol. The maximum atomic E-state index is 12.6. The molecule has 0 radical (unpaired) electrons. The zero-order valence-corrected chi connectivity index (χ0v) is 12.0. The zero-order valence-electron chi connectivity index (χ0n) is 12.0. The van der Waals surface area contributed by atoms with E-state index in [9.17, 15) is 4.79 Å². The molecule has 4 nitrogen and oxygen atoms in total. The zero-order chi connectivity index (χ0) is 14.0. The fourth-order valence-corrected chi connectivity index (χ4v) is 2.36. The molecular formula is C15H21NO3. The summed E-state index contributed by atoms with van der Waals surface area (Å²) in [6.45, 7) is 6.08. The van der Waals surface area contributed by atoms with Crippen LogP contribution in [0.5, 0.6) is 5.75 Å². The van der Waals surface area contributed by atoms with Gasteiger partial charge in [-0.25, -0.2) is 0 Å². The Morgan fingerprint density at radius 2 is 2.16 bits per heavy atom. The van der Waals surface area contributed by atoms with E-state index < -0.39 is 6.10 Å². The lowest BCUT2D eigenvalue weighted by atomic mass is 9.98. The normalized spacial score (nSPS) is 20.3. The molecule has 1 heterocycles. The minimum Gasteiger partial charge on any atom is -0.496 e. The lowest BCUT2D eigenvalue weighted by Gasteiger charge is -2.29. The third-order valence-corrected chi connectivity index (χ3v) is 3.71. The van der Waals surface area contributed by atoms with Crippen LogP contribution in [0.4, 0.5) is 0 Å². The van der Waals surface area contributed by atoms with Crippen molar-refractivity contribution in [3.63, 3.8) is 0 Å². The summed E-state index contributed by atoms with van der Waals surface area (Å²) in [6.07, 6.45) is -0.394. The fourth-order valence-electron chi connectivity index (χ4n) is 2.36. The number of hydrogen-bond acceptors (Lipinski definition) is 4. The molecule has 0 aliphatic carbocycles. The summed E-state index contributed by atoms with van der Waals surface area (Å²) in [5, 5.41) is 0. The van der Waals surface area contributed by atoms with Gasteiger partial charge >= 0.3 is 0 Å². The standard InChI is InChI=1S/C15H21NO3/c1-10-5-6-12(15(18-4)11(10)2)14(17)13-9-16(3)7-8-19-13/h5-6,13H,7-9H2,1-4H3. The SMILES string of the molecule is COc1c(C(=O)C2CN(C)CCO2)ccc(C)c1C. The van der Waals surface area contributed by atoms with E-state index >= 15 is 0 Å². The van der Waals surface area contributed by atoms with E-state index in [1.807, 2.05) is 33.0 Å². The molecule has 2 rings (SSSR count). The minimum atomic E-state index is -0.394. The highest BCUT2D eigenvalue weighted by molar-refractivity contribution is 6.02. The molecule has 1 saturated heterocycles. The monoisotopic (exact) mass is 263 g/mol. The molecule has 1 aromatic carbocycles. The number of likely N-dealkylation sites (N-methyl/N-ethyl adjacent to an activating group) is 1. The summed E-state index contributed by atoms with van der Waals surface area (Å²) in [5.74, 6) is 0.674. The van der Waals surface area contributed by atoms with Crippen molar-refractivity contribution in [3.8, 4) is 5.75 Å². The van der Waals surface area contributed by atoms with Crippen molar-refractivity contribution in [1.82, 2.24) is 4.90 Å². The number of hydrogen-bond donors (Lipinski definition) is 0. The number of rotatable bonds is 3. The van der Waals surface area contributed by atoms with Crippen LogP contribution in [0, 0.1) is 13.8 Å². The predicted octanol–water partition coefficient (Wildman–Crippen LogP) is 1.83. The minimum absolute atomic E-state index is 0.00602. The van der Waals surface area contributed by atoms with Gasteiger partial charge in [-0.15, -0.1) is 0 Å². The topological polar surface area (TPSA) is 38.8 Å². The number of Topliss-reactive ketones (excluding diaryl/α,β-unsaturated/α-hetero) is 1. The van der Waals surface area contributed by atoms with E-state index in [1.165, 1.54) is 0 Å². The Balaban J connectivity index is 2.31. The molecule has 19 heavy (non-hydrogen) atoms. The third kappa shape index (κ3) is 2.80. The van der Waals surface area contributed by atoms with Crippen molar-refractivity contribution in [2.75, 3.05) is 33.9 Å². The van der Waals surface area contributed by atoms with Crippen LogP contribution < -0.4 is 4.74 Å². The molecule has 104 valence electrons. The first-order valence-electron chi connectivity index (χ1n) is 6.53. The number of carbonyl (C=O) groups excluding carboxylic acids is 1. The van der Waals surface area contributed by atoms with E-state index in [4.69, 9.17) is 9.47 Å². The molecule has 4 heteroatoms. The second-order valence-corrected chi connectivity index (χ2v) is 5.07. The van der Waals surface area contributed by atoms with Crippen molar-refractivity contribution in [1.29, 1.82) is 0 Å². The van der Waals surface area contributed by atoms with Crippen LogP contribution in [-0.4, -0.2) is 50.6 Å². The molecule has 0 aromatic heterocycles. The van der Waals surface area contributed by atoms with E-state index in [2.05, 4.69) is 4.90 Å². The first kappa shape index (κ1) is 14.0. The average molecular weight is 263 g/mol. The van der Waals surface area contributed by atoms with Gasteiger partial charge in [-0.1, -0.05) is 6.07 Å². The Kier molecular flexibility index (Phi) is 4.22. The Morgan fingerprint density at radius 3 is 2.79 bits per heavy atom. The smallest absolute Gasteiger partial charge is 0.196 e. The Labute approximate surface area is 114 Å². The van der Waals surface area contributed by atoms with Crippen LogP contribution in [0.2, 0.25) is 0 Å². The van der Waals surface area contributed by atoms with Gasteiger partial charge in [-0.05, 0) is 38.1 Å². The van der Waals surface area contributed by atoms with Crippen molar-refractivity contribution >= 4 is 5.78 Å². The van der Waals surface area contributed by atoms with Crippen LogP contribution in [-0.2, 0) is 4.74 Å². The summed E-state index contributed by atoms with van der Waals surface area (Å²) >= 11 is 0. The Morgan fingerprint density at radius 1 is 1.42 bits per heavy atom. The van der Waals surface area contributed by atoms with Gasteiger partial charge in [-0.2, -0.15) is 0 Å². The van der Waals surface area contributed by atoms with Crippen molar-refractivity contribution in [2.45, 2.75) is 20.0 Å². The lowest BCUT2D eigenvalue weighted by molar-refractivity contribution is -0.00875. The van der Waals surface area contributed by atoms with Crippen LogP contribution in [0.15, 0.2) is 12.1 Å². The fraction of sp³-hybridized carbons (Fsp3) is 0.533. The van der Waals surface area contributed by atoms with Gasteiger partial charge in [0.15, 0.2) is 5.78 Å². The number of carbonyl (C=O) groups is 1. The first-order chi connectivity index (χ1) is 9.04. The highest BCUT2D eigenvalue weighted by Crippen LogP contribution is 2.28. The summed E-state index contributed by atoms with van der Waals surface area (Å²) < 4.78 is 11.0. The Hall–Kier alpha value is -1.39. The summed E-state index contributed by atoms with van der Waals surface area (Å²) in [7, 11) is 3.60. The number of ether oxygens (including phenoxy) is 2. The van der Waals surface area contributed by atoms with Gasteiger partial charge in [0.25, 0.3) is 0 Å². The highest BCUT2D eigenvalue weighted by Gasteiger charge is 2.28. The lowest BCUT2D eigenvalue weighted by Crippen LogP contribution is -2.44. The van der Waals surface area contributed by atoms with E-state index in [0.717, 1.165) is 17.7 Å². The quantitative estimate of drug-likeness (QED) is 0.780. The van der Waals surface area contributed by atoms with E-state index in [1.54, 1.807) is 7.11 Å². The van der Waals surface area contributed by atoms with Crippen molar-refractivity contribution in [3.05, 3.63) is 28.8 Å². The number of ketones is 1. The number of aryl methyl sites for hydroxylation is 1. The van der Waals surface area contributed by atoms with E-state index in [-0.39, 0.29) is 5.78 Å². The van der Waals surface area contributed by atoms with Crippen LogP contribution in [0.25, 0.3) is 0 Å². The largest absolute Gasteiger partial charge is 0.496 e. The summed E-state index contributed by atoms with van der Waals surface area (Å²) in [5.41, 5.74) is 2.75. The molecule has 0 saturated carbocycles. The summed E-state index contributed by atoms with van der Waals surface area (Å²) in [4.78, 5) is 14.7. The third-order valence-electron chi connectivity index (χ3n) is 3.71. The first-order valence-corrected chi connectivity index (χ1v) is 6.53. The second kappa shape index (κ2) is 5.72. The number of nitrogens with zero attached hydrogens (tertiary/aromatic N) is 1. The maximum Gasteiger partial charge on any atom is 0.196 e. The molecule has 1 aromatic rings. The molecule has 1 aliphatic rings. The van der Waals surface area contributed by atoms with Gasteiger partial charge in [0, 0.05) is 13.1 Å². The highest BCUT2D eigenvalue weighted by atomic mass is 16.5. The molecule has 0 spiro atoms. The van der Waals surface area contributed by atoms with Crippen molar-refractivity contribution < 1.29 is 14.3 Å². The molecule has 0 N–H and O–H groups in total. The number of benzene rings is 1. The number of morpholine rings is 1. The molecular weight excluding hydrogens is 242 g/mol.